The van der Waals surface area contributed by atoms with Crippen LogP contribution < -0.4 is 5.73 Å². The minimum absolute atomic E-state index is 0. The van der Waals surface area contributed by atoms with Gasteiger partial charge in [0, 0.05) is 21.6 Å². The zero-order valence-corrected chi connectivity index (χ0v) is 15.3. The van der Waals surface area contributed by atoms with E-state index in [1.165, 1.54) is 48.2 Å². The fourth-order valence-corrected chi connectivity index (χ4v) is 5.69. The molecule has 2 N–H and O–H groups in total. The standard InChI is InChI=1S/C16H17BrN2OS.ClH/c17-12-3-1-2-10-13(15(16(18)20)21-14(10)12)11-8-19-6-4-9(11)5-7-19;/h1-3,9,11H,4-8H2,(H2,18,20);1H/t11-;/m1./s1. The van der Waals surface area contributed by atoms with Gasteiger partial charge in [-0.05, 0) is 64.8 Å². The third kappa shape index (κ3) is 2.48. The molecule has 1 amide bonds. The third-order valence-electron chi connectivity index (χ3n) is 4.96. The lowest BCUT2D eigenvalue weighted by atomic mass is 9.74. The summed E-state index contributed by atoms with van der Waals surface area (Å²) in [4.78, 5) is 15.2. The maximum absolute atomic E-state index is 12.0. The van der Waals surface area contributed by atoms with Crippen LogP contribution in [0.1, 0.15) is 34.0 Å². The van der Waals surface area contributed by atoms with E-state index in [0.29, 0.717) is 11.8 Å². The van der Waals surface area contributed by atoms with Crippen LogP contribution in [-0.4, -0.2) is 30.4 Å². The van der Waals surface area contributed by atoms with Gasteiger partial charge in [-0.1, -0.05) is 12.1 Å². The van der Waals surface area contributed by atoms with Gasteiger partial charge < -0.3 is 10.6 Å². The summed E-state index contributed by atoms with van der Waals surface area (Å²) in [5, 5.41) is 1.21. The molecule has 6 heteroatoms. The third-order valence-corrected chi connectivity index (χ3v) is 7.15. The average Bonchev–Trinajstić information content (AvgIpc) is 2.89. The van der Waals surface area contributed by atoms with Gasteiger partial charge in [0.15, 0.2) is 0 Å². The van der Waals surface area contributed by atoms with Gasteiger partial charge in [-0.2, -0.15) is 0 Å². The van der Waals surface area contributed by atoms with E-state index in [9.17, 15) is 4.79 Å². The average molecular weight is 402 g/mol. The molecule has 1 aromatic carbocycles. The molecular formula is C16H18BrClN2OS. The number of halogens is 2. The molecule has 0 radical (unpaired) electrons. The molecule has 0 aliphatic carbocycles. The molecule has 3 aliphatic rings. The topological polar surface area (TPSA) is 46.3 Å². The molecule has 1 atom stereocenters. The number of thiophene rings is 1. The second-order valence-electron chi connectivity index (χ2n) is 6.07. The van der Waals surface area contributed by atoms with Crippen molar-refractivity contribution in [3.63, 3.8) is 0 Å². The lowest BCUT2D eigenvalue weighted by molar-refractivity contribution is 0.0864. The van der Waals surface area contributed by atoms with Crippen LogP contribution >= 0.6 is 39.7 Å². The molecule has 2 aromatic rings. The summed E-state index contributed by atoms with van der Waals surface area (Å²) in [7, 11) is 0. The van der Waals surface area contributed by atoms with Gasteiger partial charge in [0.05, 0.1) is 4.88 Å². The largest absolute Gasteiger partial charge is 0.365 e. The summed E-state index contributed by atoms with van der Waals surface area (Å²) in [6.45, 7) is 3.49. The molecule has 1 aromatic heterocycles. The van der Waals surface area contributed by atoms with Gasteiger partial charge in [-0.15, -0.1) is 23.7 Å². The van der Waals surface area contributed by atoms with Gasteiger partial charge in [0.25, 0.3) is 5.91 Å². The second kappa shape index (κ2) is 6.11. The van der Waals surface area contributed by atoms with E-state index in [1.807, 2.05) is 6.07 Å². The highest BCUT2D eigenvalue weighted by Gasteiger charge is 2.38. The zero-order chi connectivity index (χ0) is 14.6. The van der Waals surface area contributed by atoms with Crippen molar-refractivity contribution in [2.24, 2.45) is 11.7 Å². The molecule has 5 rings (SSSR count). The Kier molecular flexibility index (Phi) is 4.52. The molecule has 0 unspecified atom stereocenters. The Balaban J connectivity index is 0.00000144. The van der Waals surface area contributed by atoms with Crippen LogP contribution in [0.5, 0.6) is 0 Å². The molecule has 4 heterocycles. The summed E-state index contributed by atoms with van der Waals surface area (Å²) in [5.74, 6) is 0.873. The van der Waals surface area contributed by atoms with Crippen LogP contribution in [0.3, 0.4) is 0 Å². The van der Waals surface area contributed by atoms with Crippen molar-refractivity contribution in [3.05, 3.63) is 33.1 Å². The van der Waals surface area contributed by atoms with Gasteiger partial charge in [-0.3, -0.25) is 4.79 Å². The molecule has 0 spiro atoms. The fraction of sp³-hybridized carbons (Fsp3) is 0.438. The fourth-order valence-electron chi connectivity index (χ4n) is 3.95. The predicted molar refractivity (Wildman–Crippen MR) is 97.2 cm³/mol. The number of hydrogen-bond acceptors (Lipinski definition) is 3. The first kappa shape index (κ1) is 16.2. The Bertz CT molecular complexity index is 724. The molecule has 3 saturated heterocycles. The number of rotatable bonds is 2. The van der Waals surface area contributed by atoms with Crippen molar-refractivity contribution in [3.8, 4) is 0 Å². The quantitative estimate of drug-likeness (QED) is 0.827. The molecule has 3 nitrogen and oxygen atoms in total. The van der Waals surface area contributed by atoms with Crippen molar-refractivity contribution >= 4 is 55.7 Å². The van der Waals surface area contributed by atoms with E-state index in [4.69, 9.17) is 5.73 Å². The highest BCUT2D eigenvalue weighted by atomic mass is 79.9. The number of hydrogen-bond donors (Lipinski definition) is 1. The van der Waals surface area contributed by atoms with Crippen molar-refractivity contribution in [1.82, 2.24) is 4.90 Å². The van der Waals surface area contributed by atoms with Crippen LogP contribution in [0.15, 0.2) is 22.7 Å². The minimum atomic E-state index is -0.283. The number of fused-ring (bicyclic) bond motifs is 4. The number of carbonyl (C=O) groups is 1. The Morgan fingerprint density at radius 1 is 1.32 bits per heavy atom. The first-order valence-electron chi connectivity index (χ1n) is 7.38. The number of piperidine rings is 3. The Morgan fingerprint density at radius 3 is 2.64 bits per heavy atom. The highest BCUT2D eigenvalue weighted by molar-refractivity contribution is 9.10. The van der Waals surface area contributed by atoms with E-state index in [0.717, 1.165) is 20.6 Å². The second-order valence-corrected chi connectivity index (χ2v) is 7.95. The van der Waals surface area contributed by atoms with Gasteiger partial charge in [0.1, 0.15) is 0 Å². The van der Waals surface area contributed by atoms with Crippen molar-refractivity contribution in [2.75, 3.05) is 19.6 Å². The van der Waals surface area contributed by atoms with Crippen LogP contribution in [0.25, 0.3) is 10.1 Å². The summed E-state index contributed by atoms with van der Waals surface area (Å²) < 4.78 is 2.21. The Morgan fingerprint density at radius 2 is 2.05 bits per heavy atom. The number of amides is 1. The number of nitrogens with two attached hydrogens (primary N) is 1. The van der Waals surface area contributed by atoms with Crippen molar-refractivity contribution in [1.29, 1.82) is 0 Å². The number of benzene rings is 1. The smallest absolute Gasteiger partial charge is 0.259 e. The summed E-state index contributed by atoms with van der Waals surface area (Å²) >= 11 is 5.15. The number of primary amides is 1. The maximum atomic E-state index is 12.0. The van der Waals surface area contributed by atoms with E-state index in [2.05, 4.69) is 33.0 Å². The SMILES string of the molecule is Cl.NC(=O)c1sc2c(Br)cccc2c1[C@@H]1CN2CCC1CC2. The lowest BCUT2D eigenvalue weighted by Gasteiger charge is -2.45. The molecular weight excluding hydrogens is 384 g/mol. The molecule has 2 bridgehead atoms. The van der Waals surface area contributed by atoms with Gasteiger partial charge in [-0.25, -0.2) is 0 Å². The van der Waals surface area contributed by atoms with Crippen LogP contribution in [0, 0.1) is 5.92 Å². The summed E-state index contributed by atoms with van der Waals surface area (Å²) in [6, 6.07) is 6.22. The minimum Gasteiger partial charge on any atom is -0.365 e. The van der Waals surface area contributed by atoms with E-state index >= 15 is 0 Å². The Labute approximate surface area is 148 Å². The monoisotopic (exact) mass is 400 g/mol. The summed E-state index contributed by atoms with van der Waals surface area (Å²) in [5.41, 5.74) is 6.88. The van der Waals surface area contributed by atoms with Gasteiger partial charge >= 0.3 is 0 Å². The van der Waals surface area contributed by atoms with Crippen molar-refractivity contribution in [2.45, 2.75) is 18.8 Å². The highest BCUT2D eigenvalue weighted by Crippen LogP contribution is 2.46. The predicted octanol–water partition coefficient (Wildman–Crippen LogP) is 3.99. The zero-order valence-electron chi connectivity index (χ0n) is 12.0. The number of carbonyl (C=O) groups excluding carboxylic acids is 1. The van der Waals surface area contributed by atoms with Gasteiger partial charge in [0.2, 0.25) is 0 Å². The lowest BCUT2D eigenvalue weighted by Crippen LogP contribution is -2.46. The molecule has 118 valence electrons. The molecule has 3 aliphatic heterocycles. The normalized spacial score (nSPS) is 26.9. The molecule has 3 fully saturated rings. The van der Waals surface area contributed by atoms with Crippen LogP contribution in [0.4, 0.5) is 0 Å². The van der Waals surface area contributed by atoms with E-state index in [-0.39, 0.29) is 18.3 Å². The van der Waals surface area contributed by atoms with E-state index < -0.39 is 0 Å². The summed E-state index contributed by atoms with van der Waals surface area (Å²) in [6.07, 6.45) is 2.49. The first-order valence-corrected chi connectivity index (χ1v) is 8.99. The van der Waals surface area contributed by atoms with Crippen molar-refractivity contribution < 1.29 is 4.79 Å². The van der Waals surface area contributed by atoms with Crippen LogP contribution in [-0.2, 0) is 0 Å². The number of nitrogens with zero attached hydrogens (tertiary/aromatic N) is 1. The first-order chi connectivity index (χ1) is 10.1. The van der Waals surface area contributed by atoms with Crippen LogP contribution in [0.2, 0.25) is 0 Å². The maximum Gasteiger partial charge on any atom is 0.259 e. The van der Waals surface area contributed by atoms with E-state index in [1.54, 1.807) is 0 Å². The molecule has 0 saturated carbocycles. The molecule has 22 heavy (non-hydrogen) atoms. The Hall–Kier alpha value is -0.620.